The largest absolute Gasteiger partial charge is 0.312 e. The zero-order valence-corrected chi connectivity index (χ0v) is 21.4. The first kappa shape index (κ1) is 25.5. The summed E-state index contributed by atoms with van der Waals surface area (Å²) in [4.78, 5) is 17.9. The Labute approximate surface area is 213 Å². The number of benzene rings is 3. The number of hydrogen-bond acceptors (Lipinski definition) is 4. The molecule has 186 valence electrons. The number of anilines is 1. The summed E-state index contributed by atoms with van der Waals surface area (Å²) >= 11 is 1.43. The lowest BCUT2D eigenvalue weighted by Gasteiger charge is -2.09. The van der Waals surface area contributed by atoms with Gasteiger partial charge in [0.05, 0.1) is 15.1 Å². The van der Waals surface area contributed by atoms with Crippen molar-refractivity contribution < 1.29 is 17.6 Å². The number of fused-ring (bicyclic) bond motifs is 1. The van der Waals surface area contributed by atoms with E-state index in [1.807, 2.05) is 4.57 Å². The van der Waals surface area contributed by atoms with Gasteiger partial charge in [-0.2, -0.15) is 4.99 Å². The summed E-state index contributed by atoms with van der Waals surface area (Å²) in [7, 11) is -3.95. The van der Waals surface area contributed by atoms with Gasteiger partial charge >= 0.3 is 0 Å². The molecule has 1 amide bonds. The van der Waals surface area contributed by atoms with Crippen molar-refractivity contribution in [2.75, 3.05) is 4.72 Å². The summed E-state index contributed by atoms with van der Waals surface area (Å²) in [5, 5.41) is 0. The number of carbonyl (C=O) groups is 1. The summed E-state index contributed by atoms with van der Waals surface area (Å²) in [6, 6.07) is 16.9. The molecule has 1 aromatic heterocycles. The minimum Gasteiger partial charge on any atom is -0.312 e. The average molecular weight is 524 g/mol. The summed E-state index contributed by atoms with van der Waals surface area (Å²) in [6.45, 7) is 6.48. The highest BCUT2D eigenvalue weighted by atomic mass is 32.2. The van der Waals surface area contributed by atoms with E-state index in [4.69, 9.17) is 0 Å². The fourth-order valence-corrected chi connectivity index (χ4v) is 5.89. The maximum atomic E-state index is 13.2. The SMILES string of the molecule is C=CCn1c(=NC(=O)c2cccc(NS(=O)(=O)c3ccc(F)cc3)c2)sc2cc(CCCC)ccc21. The molecule has 6 nitrogen and oxygen atoms in total. The monoisotopic (exact) mass is 523 g/mol. The van der Waals surface area contributed by atoms with Gasteiger partial charge in [0.1, 0.15) is 5.82 Å². The molecule has 0 aliphatic rings. The molecule has 0 saturated heterocycles. The molecule has 0 atom stereocenters. The normalized spacial score (nSPS) is 12.1. The van der Waals surface area contributed by atoms with Crippen LogP contribution < -0.4 is 9.52 Å². The molecular formula is C27H26FN3O3S2. The molecular weight excluding hydrogens is 497 g/mol. The van der Waals surface area contributed by atoms with Crippen molar-refractivity contribution in [3.63, 3.8) is 0 Å². The van der Waals surface area contributed by atoms with Crippen molar-refractivity contribution >= 4 is 43.2 Å². The Morgan fingerprint density at radius 2 is 1.92 bits per heavy atom. The van der Waals surface area contributed by atoms with Crippen molar-refractivity contribution in [2.24, 2.45) is 4.99 Å². The number of amides is 1. The quantitative estimate of drug-likeness (QED) is 0.277. The lowest BCUT2D eigenvalue weighted by Crippen LogP contribution is -2.16. The molecule has 0 aliphatic carbocycles. The number of rotatable bonds is 9. The number of aryl methyl sites for hydroxylation is 1. The van der Waals surface area contributed by atoms with E-state index in [0.29, 0.717) is 11.3 Å². The first-order valence-electron chi connectivity index (χ1n) is 11.5. The number of carbonyl (C=O) groups excluding carboxylic acids is 1. The number of hydrogen-bond donors (Lipinski definition) is 1. The standard InChI is InChI=1S/C27H26FN3O3S2/c1-3-5-7-19-10-15-24-25(17-19)35-27(31(24)16-4-2)29-26(32)20-8-6-9-22(18-20)30-36(33,34)23-13-11-21(28)12-14-23/h4,6,8-15,17-18,30H,2-3,5,7,16H2,1H3. The van der Waals surface area contributed by atoms with Gasteiger partial charge in [0.15, 0.2) is 4.80 Å². The number of halogens is 1. The molecule has 0 spiro atoms. The molecule has 36 heavy (non-hydrogen) atoms. The van der Waals surface area contributed by atoms with Crippen molar-refractivity contribution in [3.8, 4) is 0 Å². The number of nitrogens with one attached hydrogen (secondary N) is 1. The maximum Gasteiger partial charge on any atom is 0.279 e. The molecule has 0 fully saturated rings. The van der Waals surface area contributed by atoms with E-state index in [0.717, 1.165) is 41.6 Å². The van der Waals surface area contributed by atoms with Gasteiger partial charge in [-0.3, -0.25) is 9.52 Å². The highest BCUT2D eigenvalue weighted by molar-refractivity contribution is 7.92. The van der Waals surface area contributed by atoms with Crippen LogP contribution in [-0.4, -0.2) is 18.9 Å². The molecule has 0 radical (unpaired) electrons. The van der Waals surface area contributed by atoms with Gasteiger partial charge in [-0.05, 0) is 73.0 Å². The predicted molar refractivity (Wildman–Crippen MR) is 142 cm³/mol. The fraction of sp³-hybridized carbons (Fsp3) is 0.185. The second kappa shape index (κ2) is 11.0. The number of thiazole rings is 1. The second-order valence-electron chi connectivity index (χ2n) is 8.25. The van der Waals surface area contributed by atoms with Gasteiger partial charge in [0, 0.05) is 17.8 Å². The Morgan fingerprint density at radius 1 is 1.14 bits per heavy atom. The molecule has 1 heterocycles. The molecule has 0 bridgehead atoms. The minimum atomic E-state index is -3.95. The van der Waals surface area contributed by atoms with Gasteiger partial charge in [-0.25, -0.2) is 12.8 Å². The molecule has 0 saturated carbocycles. The summed E-state index contributed by atoms with van der Waals surface area (Å²) in [6.07, 6.45) is 4.98. The third kappa shape index (κ3) is 5.80. The molecule has 9 heteroatoms. The predicted octanol–water partition coefficient (Wildman–Crippen LogP) is 5.91. The van der Waals surface area contributed by atoms with E-state index in [1.54, 1.807) is 18.2 Å². The number of sulfonamides is 1. The van der Waals surface area contributed by atoms with E-state index in [9.17, 15) is 17.6 Å². The Hall–Kier alpha value is -3.56. The van der Waals surface area contributed by atoms with Gasteiger partial charge < -0.3 is 4.57 Å². The van der Waals surface area contributed by atoms with Crippen molar-refractivity contribution in [2.45, 2.75) is 37.6 Å². The molecule has 4 rings (SSSR count). The van der Waals surface area contributed by atoms with Crippen LogP contribution in [0.2, 0.25) is 0 Å². The van der Waals surface area contributed by atoms with Crippen LogP contribution in [0.4, 0.5) is 10.1 Å². The van der Waals surface area contributed by atoms with E-state index in [-0.39, 0.29) is 16.1 Å². The van der Waals surface area contributed by atoms with Crippen LogP contribution in [0.25, 0.3) is 10.2 Å². The Kier molecular flexibility index (Phi) is 7.81. The van der Waals surface area contributed by atoms with Gasteiger partial charge in [-0.15, -0.1) is 6.58 Å². The third-order valence-corrected chi connectivity index (χ3v) is 8.00. The van der Waals surface area contributed by atoms with Crippen LogP contribution in [0.1, 0.15) is 35.7 Å². The Balaban J connectivity index is 1.65. The topological polar surface area (TPSA) is 80.5 Å². The highest BCUT2D eigenvalue weighted by Gasteiger charge is 2.16. The first-order valence-corrected chi connectivity index (χ1v) is 13.8. The maximum absolute atomic E-state index is 13.2. The number of aromatic nitrogens is 1. The van der Waals surface area contributed by atoms with E-state index in [1.165, 1.54) is 41.2 Å². The van der Waals surface area contributed by atoms with Crippen LogP contribution in [-0.2, 0) is 23.0 Å². The molecule has 0 unspecified atom stereocenters. The number of unbranched alkanes of at least 4 members (excludes halogenated alkanes) is 1. The van der Waals surface area contributed by atoms with Crippen molar-refractivity contribution in [3.05, 3.63) is 101 Å². The van der Waals surface area contributed by atoms with Gasteiger partial charge in [-0.1, -0.05) is 42.9 Å². The van der Waals surface area contributed by atoms with Crippen molar-refractivity contribution in [1.29, 1.82) is 0 Å². The number of allylic oxidation sites excluding steroid dienone is 1. The lowest BCUT2D eigenvalue weighted by molar-refractivity contribution is 0.0998. The van der Waals surface area contributed by atoms with Crippen LogP contribution in [0.5, 0.6) is 0 Å². The van der Waals surface area contributed by atoms with Crippen molar-refractivity contribution in [1.82, 2.24) is 4.57 Å². The average Bonchev–Trinajstić information content (AvgIpc) is 3.19. The second-order valence-corrected chi connectivity index (χ2v) is 10.9. The van der Waals surface area contributed by atoms with E-state index >= 15 is 0 Å². The van der Waals surface area contributed by atoms with Gasteiger partial charge in [0.2, 0.25) is 0 Å². The summed E-state index contributed by atoms with van der Waals surface area (Å²) < 4.78 is 43.9. The van der Waals surface area contributed by atoms with Crippen LogP contribution in [0.15, 0.2) is 89.3 Å². The zero-order valence-electron chi connectivity index (χ0n) is 19.8. The van der Waals surface area contributed by atoms with Crippen LogP contribution in [0, 0.1) is 5.82 Å². The summed E-state index contributed by atoms with van der Waals surface area (Å²) in [5.41, 5.74) is 2.67. The van der Waals surface area contributed by atoms with Crippen LogP contribution in [0.3, 0.4) is 0 Å². The number of nitrogens with zero attached hydrogens (tertiary/aromatic N) is 2. The third-order valence-electron chi connectivity index (χ3n) is 5.56. The first-order chi connectivity index (χ1) is 17.3. The smallest absolute Gasteiger partial charge is 0.279 e. The highest BCUT2D eigenvalue weighted by Crippen LogP contribution is 2.22. The fourth-order valence-electron chi connectivity index (χ4n) is 3.74. The van der Waals surface area contributed by atoms with Crippen LogP contribution >= 0.6 is 11.3 Å². The molecule has 1 N–H and O–H groups in total. The molecule has 4 aromatic rings. The van der Waals surface area contributed by atoms with E-state index in [2.05, 4.69) is 41.4 Å². The molecule has 0 aliphatic heterocycles. The Bertz CT molecular complexity index is 1590. The van der Waals surface area contributed by atoms with Gasteiger partial charge in [0.25, 0.3) is 15.9 Å². The minimum absolute atomic E-state index is 0.0839. The molecule has 3 aromatic carbocycles. The van der Waals surface area contributed by atoms with E-state index < -0.39 is 21.7 Å². The summed E-state index contributed by atoms with van der Waals surface area (Å²) in [5.74, 6) is -1.02. The lowest BCUT2D eigenvalue weighted by atomic mass is 10.1. The Morgan fingerprint density at radius 3 is 2.64 bits per heavy atom. The zero-order chi connectivity index (χ0) is 25.7.